The molecule has 0 radical (unpaired) electrons. The number of methoxy groups -OCH3 is 1. The fourth-order valence-corrected chi connectivity index (χ4v) is 4.40. The van der Waals surface area contributed by atoms with Crippen molar-refractivity contribution < 1.29 is 19.0 Å². The highest BCUT2D eigenvalue weighted by atomic mass is 16.5. The van der Waals surface area contributed by atoms with Crippen LogP contribution < -0.4 is 14.8 Å². The Morgan fingerprint density at radius 3 is 2.38 bits per heavy atom. The first kappa shape index (κ1) is 34.5. The van der Waals surface area contributed by atoms with Gasteiger partial charge in [-0.25, -0.2) is 4.79 Å². The van der Waals surface area contributed by atoms with E-state index < -0.39 is 0 Å². The maximum Gasteiger partial charge on any atom is 0.407 e. The monoisotopic (exact) mass is 550 g/mol. The molecule has 220 valence electrons. The number of nitrogens with one attached hydrogen (secondary N) is 1. The SMILES string of the molecule is C/C=C(\C=C(/C)Oc1ccccc1OC)CN1CCCC(NC(=O)OCCCc2ccccc2)CC1.C=C.CC. The Morgan fingerprint density at radius 1 is 1.02 bits per heavy atom. The molecule has 0 bridgehead atoms. The summed E-state index contributed by atoms with van der Waals surface area (Å²) in [5.41, 5.74) is 2.47. The van der Waals surface area contributed by atoms with Crippen molar-refractivity contribution in [3.63, 3.8) is 0 Å². The number of hydrogen-bond donors (Lipinski definition) is 1. The first-order valence-corrected chi connectivity index (χ1v) is 14.4. The Morgan fingerprint density at radius 2 is 1.70 bits per heavy atom. The molecule has 40 heavy (non-hydrogen) atoms. The summed E-state index contributed by atoms with van der Waals surface area (Å²) in [4.78, 5) is 14.7. The van der Waals surface area contributed by atoms with Gasteiger partial charge in [-0.3, -0.25) is 4.90 Å². The minimum absolute atomic E-state index is 0.150. The Bertz CT molecular complexity index is 1020. The van der Waals surface area contributed by atoms with Crippen molar-refractivity contribution in [2.45, 2.75) is 65.8 Å². The molecule has 0 saturated carbocycles. The molecule has 0 spiro atoms. The highest BCUT2D eigenvalue weighted by molar-refractivity contribution is 5.67. The first-order valence-electron chi connectivity index (χ1n) is 14.4. The lowest BCUT2D eigenvalue weighted by Crippen LogP contribution is -2.36. The second-order valence-electron chi connectivity index (χ2n) is 9.14. The zero-order valence-corrected chi connectivity index (χ0v) is 25.3. The lowest BCUT2D eigenvalue weighted by atomic mass is 10.1. The molecule has 6 heteroatoms. The molecule has 0 aromatic heterocycles. The summed E-state index contributed by atoms with van der Waals surface area (Å²) in [6.07, 6.45) is 8.57. The van der Waals surface area contributed by atoms with Gasteiger partial charge < -0.3 is 19.5 Å². The van der Waals surface area contributed by atoms with E-state index in [9.17, 15) is 4.79 Å². The summed E-state index contributed by atoms with van der Waals surface area (Å²) in [5.74, 6) is 2.24. The highest BCUT2D eigenvalue weighted by Crippen LogP contribution is 2.28. The Labute approximate surface area is 242 Å². The molecule has 1 unspecified atom stereocenters. The number of nitrogens with zero attached hydrogens (tertiary/aromatic N) is 1. The fourth-order valence-electron chi connectivity index (χ4n) is 4.40. The molecule has 1 heterocycles. The zero-order chi connectivity index (χ0) is 29.6. The number of hydrogen-bond acceptors (Lipinski definition) is 5. The number of alkyl carbamates (subject to hydrolysis) is 1. The van der Waals surface area contributed by atoms with E-state index in [1.54, 1.807) is 7.11 Å². The third-order valence-electron chi connectivity index (χ3n) is 6.33. The number of amides is 1. The quantitative estimate of drug-likeness (QED) is 0.133. The average molecular weight is 551 g/mol. The second-order valence-corrected chi connectivity index (χ2v) is 9.14. The van der Waals surface area contributed by atoms with Gasteiger partial charge in [0.2, 0.25) is 0 Å². The van der Waals surface area contributed by atoms with Gasteiger partial charge in [0, 0.05) is 19.1 Å². The minimum atomic E-state index is -0.303. The lowest BCUT2D eigenvalue weighted by molar-refractivity contribution is 0.140. The average Bonchev–Trinajstić information content (AvgIpc) is 3.22. The molecule has 2 aromatic carbocycles. The number of allylic oxidation sites excluding steroid dienone is 2. The summed E-state index contributed by atoms with van der Waals surface area (Å²) in [6, 6.07) is 18.1. The van der Waals surface area contributed by atoms with E-state index in [1.165, 1.54) is 11.1 Å². The molecule has 2 aromatic rings. The summed E-state index contributed by atoms with van der Waals surface area (Å²) >= 11 is 0. The van der Waals surface area contributed by atoms with Gasteiger partial charge in [0.1, 0.15) is 5.76 Å². The third-order valence-corrected chi connectivity index (χ3v) is 6.33. The number of likely N-dealkylation sites (tertiary alicyclic amines) is 1. The Balaban J connectivity index is 0.00000191. The van der Waals surface area contributed by atoms with Gasteiger partial charge in [-0.2, -0.15) is 0 Å². The highest BCUT2D eigenvalue weighted by Gasteiger charge is 2.19. The largest absolute Gasteiger partial charge is 0.493 e. The van der Waals surface area contributed by atoms with E-state index >= 15 is 0 Å². The van der Waals surface area contributed by atoms with E-state index in [2.05, 4.69) is 54.6 Å². The van der Waals surface area contributed by atoms with Crippen LogP contribution in [0.2, 0.25) is 0 Å². The number of carbonyl (C=O) groups excluding carboxylic acids is 1. The number of aryl methyl sites for hydroxylation is 1. The van der Waals surface area contributed by atoms with Crippen molar-refractivity contribution in [1.82, 2.24) is 10.2 Å². The summed E-state index contributed by atoms with van der Waals surface area (Å²) < 4.78 is 16.8. The van der Waals surface area contributed by atoms with Crippen molar-refractivity contribution in [1.29, 1.82) is 0 Å². The standard InChI is InChI=1S/C30H40N2O4.C2H6.C2H4/c1-4-25(22-24(2)36-29-17-9-8-16-28(29)34-3)23-32-19-10-15-27(18-20-32)31-30(33)35-21-11-14-26-12-6-5-7-13-26;2*1-2/h4-9,12-13,16-17,22,27H,10-11,14-15,18-21,23H2,1-3H3,(H,31,33);1-2H3;1-2H2/b24-22+,25-4+;;. The van der Waals surface area contributed by atoms with Crippen LogP contribution in [0.25, 0.3) is 0 Å². The third kappa shape index (κ3) is 13.5. The molecule has 0 aliphatic carbocycles. The van der Waals surface area contributed by atoms with Crippen molar-refractivity contribution in [2.75, 3.05) is 33.4 Å². The van der Waals surface area contributed by atoms with Gasteiger partial charge in [-0.15, -0.1) is 13.2 Å². The van der Waals surface area contributed by atoms with Gasteiger partial charge >= 0.3 is 6.09 Å². The fraction of sp³-hybridized carbons (Fsp3) is 0.441. The van der Waals surface area contributed by atoms with Crippen LogP contribution in [0, 0.1) is 0 Å². The molecular formula is C34H50N2O4. The Hall–Kier alpha value is -3.51. The normalized spacial score (nSPS) is 15.8. The molecule has 1 aliphatic rings. The molecular weight excluding hydrogens is 500 g/mol. The maximum atomic E-state index is 12.3. The van der Waals surface area contributed by atoms with Crippen LogP contribution in [-0.2, 0) is 11.2 Å². The van der Waals surface area contributed by atoms with E-state index in [0.717, 1.165) is 57.5 Å². The number of rotatable bonds is 11. The molecule has 1 atom stereocenters. The smallest absolute Gasteiger partial charge is 0.407 e. The van der Waals surface area contributed by atoms with Gasteiger partial charge in [-0.1, -0.05) is 62.4 Å². The maximum absolute atomic E-state index is 12.3. The van der Waals surface area contributed by atoms with Gasteiger partial charge in [-0.05, 0) is 81.8 Å². The molecule has 1 saturated heterocycles. The number of benzene rings is 2. The first-order chi connectivity index (χ1) is 19.6. The van der Waals surface area contributed by atoms with Crippen LogP contribution in [0.1, 0.15) is 58.9 Å². The van der Waals surface area contributed by atoms with Crippen LogP contribution in [0.3, 0.4) is 0 Å². The van der Waals surface area contributed by atoms with Crippen molar-refractivity contribution >= 4 is 6.09 Å². The van der Waals surface area contributed by atoms with Crippen molar-refractivity contribution in [3.05, 3.63) is 96.8 Å². The summed E-state index contributed by atoms with van der Waals surface area (Å²) in [6.45, 7) is 17.2. The van der Waals surface area contributed by atoms with E-state index in [4.69, 9.17) is 14.2 Å². The summed E-state index contributed by atoms with van der Waals surface area (Å²) in [7, 11) is 1.64. The molecule has 1 fully saturated rings. The second kappa shape index (κ2) is 21.3. The van der Waals surface area contributed by atoms with Crippen LogP contribution >= 0.6 is 0 Å². The topological polar surface area (TPSA) is 60.0 Å². The van der Waals surface area contributed by atoms with Gasteiger partial charge in [0.05, 0.1) is 13.7 Å². The van der Waals surface area contributed by atoms with E-state index in [0.29, 0.717) is 18.1 Å². The van der Waals surface area contributed by atoms with Gasteiger partial charge in [0.15, 0.2) is 11.5 Å². The van der Waals surface area contributed by atoms with Crippen molar-refractivity contribution in [2.24, 2.45) is 0 Å². The van der Waals surface area contributed by atoms with Gasteiger partial charge in [0.25, 0.3) is 0 Å². The molecule has 1 N–H and O–H groups in total. The number of ether oxygens (including phenoxy) is 3. The van der Waals surface area contributed by atoms with Crippen LogP contribution in [0.5, 0.6) is 11.5 Å². The predicted molar refractivity (Wildman–Crippen MR) is 167 cm³/mol. The van der Waals surface area contributed by atoms with Crippen LogP contribution in [0.4, 0.5) is 4.79 Å². The molecule has 3 rings (SSSR count). The summed E-state index contributed by atoms with van der Waals surface area (Å²) in [5, 5.41) is 3.07. The zero-order valence-electron chi connectivity index (χ0n) is 25.3. The molecule has 1 aliphatic heterocycles. The number of carbonyl (C=O) groups is 1. The number of para-hydroxylation sites is 2. The predicted octanol–water partition coefficient (Wildman–Crippen LogP) is 7.97. The van der Waals surface area contributed by atoms with E-state index in [1.807, 2.05) is 63.2 Å². The van der Waals surface area contributed by atoms with E-state index in [-0.39, 0.29) is 12.1 Å². The van der Waals surface area contributed by atoms with Crippen molar-refractivity contribution in [3.8, 4) is 11.5 Å². The van der Waals surface area contributed by atoms with Crippen LogP contribution in [-0.4, -0.2) is 50.4 Å². The molecule has 6 nitrogen and oxygen atoms in total. The minimum Gasteiger partial charge on any atom is -0.493 e. The van der Waals surface area contributed by atoms with Crippen LogP contribution in [0.15, 0.2) is 91.2 Å². The Kier molecular flexibility index (Phi) is 18.4. The lowest BCUT2D eigenvalue weighted by Gasteiger charge is -2.21. The molecule has 1 amide bonds.